The third-order valence-corrected chi connectivity index (χ3v) is 6.81. The van der Waals surface area contributed by atoms with Gasteiger partial charge in [0.1, 0.15) is 13.2 Å². The van der Waals surface area contributed by atoms with Crippen LogP contribution < -0.4 is 35.0 Å². The van der Waals surface area contributed by atoms with Crippen LogP contribution >= 0.6 is 0 Å². The molecular formula is C33H38N4O8. The van der Waals surface area contributed by atoms with Crippen LogP contribution in [-0.2, 0) is 16.1 Å². The largest absolute Gasteiger partial charge is 0.493 e. The minimum absolute atomic E-state index is 0.150. The highest BCUT2D eigenvalue weighted by Crippen LogP contribution is 2.35. The molecular weight excluding hydrogens is 580 g/mol. The highest BCUT2D eigenvalue weighted by molar-refractivity contribution is 5.95. The average molecular weight is 619 g/mol. The number of carbonyl (C=O) groups is 2. The molecule has 1 heterocycles. The van der Waals surface area contributed by atoms with Gasteiger partial charge in [0.05, 0.1) is 38.7 Å². The summed E-state index contributed by atoms with van der Waals surface area (Å²) in [6.45, 7) is 6.07. The number of amides is 2. The Bertz CT molecular complexity index is 1550. The first kappa shape index (κ1) is 32.7. The zero-order chi connectivity index (χ0) is 32.3. The number of hydrogen-bond acceptors (Lipinski definition) is 10. The Labute approximate surface area is 262 Å². The topological polar surface area (TPSA) is 149 Å². The Morgan fingerprint density at radius 2 is 1.71 bits per heavy atom. The molecule has 2 amide bonds. The first-order valence-electron chi connectivity index (χ1n) is 14.3. The molecule has 4 N–H and O–H groups in total. The van der Waals surface area contributed by atoms with E-state index in [1.165, 1.54) is 18.9 Å². The van der Waals surface area contributed by atoms with Crippen molar-refractivity contribution in [2.24, 2.45) is 5.10 Å². The first-order chi connectivity index (χ1) is 21.7. The number of methoxy groups -OCH3 is 2. The van der Waals surface area contributed by atoms with Gasteiger partial charge in [-0.15, -0.1) is 0 Å². The summed E-state index contributed by atoms with van der Waals surface area (Å²) in [5.41, 5.74) is 6.84. The van der Waals surface area contributed by atoms with Crippen LogP contribution in [0.2, 0.25) is 0 Å². The van der Waals surface area contributed by atoms with E-state index >= 15 is 0 Å². The van der Waals surface area contributed by atoms with E-state index in [0.717, 1.165) is 11.1 Å². The molecule has 0 bridgehead atoms. The van der Waals surface area contributed by atoms with Gasteiger partial charge in [-0.3, -0.25) is 5.43 Å². The second kappa shape index (κ2) is 15.5. The summed E-state index contributed by atoms with van der Waals surface area (Å²) in [5.74, 6) is 1.31. The average Bonchev–Trinajstić information content (AvgIpc) is 3.03. The predicted molar refractivity (Wildman–Crippen MR) is 167 cm³/mol. The number of nitrogens with zero attached hydrogens (tertiary/aromatic N) is 1. The Morgan fingerprint density at radius 3 is 2.42 bits per heavy atom. The van der Waals surface area contributed by atoms with Gasteiger partial charge < -0.3 is 39.4 Å². The maximum Gasteiger partial charge on any atom is 0.337 e. The van der Waals surface area contributed by atoms with E-state index in [4.69, 9.17) is 23.7 Å². The lowest BCUT2D eigenvalue weighted by molar-refractivity contribution is -0.136. The number of aliphatic hydroxyl groups excluding tert-OH is 1. The lowest BCUT2D eigenvalue weighted by Crippen LogP contribution is -2.45. The Kier molecular flexibility index (Phi) is 11.2. The Hall–Kier alpha value is -5.23. The van der Waals surface area contributed by atoms with E-state index in [-0.39, 0.29) is 12.2 Å². The molecule has 0 saturated heterocycles. The van der Waals surface area contributed by atoms with Crippen molar-refractivity contribution in [1.29, 1.82) is 0 Å². The van der Waals surface area contributed by atoms with E-state index < -0.39 is 24.3 Å². The van der Waals surface area contributed by atoms with Crippen molar-refractivity contribution in [3.8, 4) is 23.0 Å². The molecule has 238 valence electrons. The maximum atomic E-state index is 12.4. The second-order valence-electron chi connectivity index (χ2n) is 10.1. The van der Waals surface area contributed by atoms with Gasteiger partial charge in [-0.1, -0.05) is 35.9 Å². The van der Waals surface area contributed by atoms with Gasteiger partial charge in [-0.25, -0.2) is 9.59 Å². The van der Waals surface area contributed by atoms with E-state index in [1.54, 1.807) is 44.4 Å². The van der Waals surface area contributed by atoms with Crippen molar-refractivity contribution >= 4 is 18.2 Å². The van der Waals surface area contributed by atoms with E-state index in [9.17, 15) is 14.7 Å². The number of hydrazone groups is 1. The maximum absolute atomic E-state index is 12.4. The monoisotopic (exact) mass is 618 g/mol. The number of benzene rings is 3. The molecule has 45 heavy (non-hydrogen) atoms. The number of esters is 1. The van der Waals surface area contributed by atoms with Crippen LogP contribution in [0.1, 0.15) is 42.1 Å². The fourth-order valence-corrected chi connectivity index (χ4v) is 4.55. The van der Waals surface area contributed by atoms with Gasteiger partial charge in [0, 0.05) is 5.70 Å². The summed E-state index contributed by atoms with van der Waals surface area (Å²) in [6, 6.07) is 17.3. The van der Waals surface area contributed by atoms with Crippen LogP contribution in [0.25, 0.3) is 0 Å². The van der Waals surface area contributed by atoms with E-state index in [1.807, 2.05) is 44.2 Å². The van der Waals surface area contributed by atoms with Gasteiger partial charge in [-0.05, 0) is 67.8 Å². The number of rotatable bonds is 14. The molecule has 1 aliphatic heterocycles. The second-order valence-corrected chi connectivity index (χ2v) is 10.1. The molecule has 4 rings (SSSR count). The Morgan fingerprint density at radius 1 is 0.978 bits per heavy atom. The predicted octanol–water partition coefficient (Wildman–Crippen LogP) is 4.10. The molecule has 0 aromatic heterocycles. The fraction of sp³-hybridized carbons (Fsp3) is 0.303. The molecule has 12 nitrogen and oxygen atoms in total. The van der Waals surface area contributed by atoms with Gasteiger partial charge in [0.25, 0.3) is 0 Å². The van der Waals surface area contributed by atoms with Crippen LogP contribution in [-0.4, -0.2) is 57.0 Å². The lowest BCUT2D eigenvalue weighted by Gasteiger charge is -2.28. The zero-order valence-electron chi connectivity index (χ0n) is 25.9. The third kappa shape index (κ3) is 8.67. The Balaban J connectivity index is 1.36. The third-order valence-electron chi connectivity index (χ3n) is 6.81. The van der Waals surface area contributed by atoms with Gasteiger partial charge in [0.2, 0.25) is 0 Å². The molecule has 1 aliphatic rings. The number of carbonyl (C=O) groups excluding carboxylic acids is 2. The van der Waals surface area contributed by atoms with Crippen molar-refractivity contribution in [2.75, 3.05) is 27.4 Å². The van der Waals surface area contributed by atoms with E-state index in [0.29, 0.717) is 47.5 Å². The highest BCUT2D eigenvalue weighted by Gasteiger charge is 2.32. The van der Waals surface area contributed by atoms with Gasteiger partial charge >= 0.3 is 12.0 Å². The summed E-state index contributed by atoms with van der Waals surface area (Å²) in [7, 11) is 2.84. The minimum Gasteiger partial charge on any atom is -0.493 e. The molecule has 0 fully saturated rings. The number of hydrogen-bond donors (Lipinski definition) is 4. The number of urea groups is 1. The smallest absolute Gasteiger partial charge is 0.337 e. The SMILES string of the molecule is CCOc1cc([C@@H]2NC(=O)NC(C)=C2C(=O)OC)ccc1OC[C@@H](O)N/N=C\c1ccc(OCc2ccc(C)cc2)c(OC)c1. The quantitative estimate of drug-likeness (QED) is 0.0907. The normalized spacial score (nSPS) is 15.2. The van der Waals surface area contributed by atoms with Crippen LogP contribution in [0.4, 0.5) is 4.79 Å². The van der Waals surface area contributed by atoms with Gasteiger partial charge in [0.15, 0.2) is 29.2 Å². The summed E-state index contributed by atoms with van der Waals surface area (Å²) in [5, 5.41) is 19.9. The molecule has 0 unspecified atom stereocenters. The fourth-order valence-electron chi connectivity index (χ4n) is 4.55. The zero-order valence-corrected chi connectivity index (χ0v) is 25.9. The number of allylic oxidation sites excluding steroid dienone is 1. The van der Waals surface area contributed by atoms with E-state index in [2.05, 4.69) is 21.2 Å². The molecule has 0 aliphatic carbocycles. The summed E-state index contributed by atoms with van der Waals surface area (Å²) in [6.07, 6.45) is 0.395. The lowest BCUT2D eigenvalue weighted by atomic mass is 9.95. The number of ether oxygens (including phenoxy) is 5. The molecule has 0 radical (unpaired) electrons. The van der Waals surface area contributed by atoms with Crippen molar-refractivity contribution in [3.05, 3.63) is 94.2 Å². The summed E-state index contributed by atoms with van der Waals surface area (Å²) >= 11 is 0. The minimum atomic E-state index is -1.14. The summed E-state index contributed by atoms with van der Waals surface area (Å²) < 4.78 is 27.9. The number of nitrogens with one attached hydrogen (secondary N) is 3. The molecule has 2 atom stereocenters. The molecule has 3 aromatic carbocycles. The van der Waals surface area contributed by atoms with Crippen molar-refractivity contribution in [3.63, 3.8) is 0 Å². The van der Waals surface area contributed by atoms with Crippen molar-refractivity contribution in [2.45, 2.75) is 39.6 Å². The van der Waals surface area contributed by atoms with Crippen LogP contribution in [0.5, 0.6) is 23.0 Å². The standard InChI is InChI=1S/C33H38N4O8/c1-6-43-28-16-24(31-30(32(39)42-5)21(3)35-33(40)36-31)12-14-26(28)45-19-29(38)37-34-17-23-11-13-25(27(15-23)41-4)44-18-22-9-7-20(2)8-10-22/h7-17,29,31,37-38H,6,18-19H2,1-5H3,(H2,35,36,40)/b34-17-/t29-,31+/m1/s1. The molecule has 12 heteroatoms. The number of aliphatic hydroxyl groups is 1. The summed E-state index contributed by atoms with van der Waals surface area (Å²) in [4.78, 5) is 24.6. The van der Waals surface area contributed by atoms with Gasteiger partial charge in [-0.2, -0.15) is 5.10 Å². The van der Waals surface area contributed by atoms with Crippen LogP contribution in [0.3, 0.4) is 0 Å². The van der Waals surface area contributed by atoms with Crippen molar-refractivity contribution in [1.82, 2.24) is 16.1 Å². The first-order valence-corrected chi connectivity index (χ1v) is 14.3. The van der Waals surface area contributed by atoms with Crippen LogP contribution in [0, 0.1) is 6.92 Å². The number of aryl methyl sites for hydroxylation is 1. The van der Waals surface area contributed by atoms with Crippen LogP contribution in [0.15, 0.2) is 77.0 Å². The highest BCUT2D eigenvalue weighted by atomic mass is 16.5. The molecule has 3 aromatic rings. The van der Waals surface area contributed by atoms with Crippen molar-refractivity contribution < 1.29 is 38.4 Å². The molecule has 0 spiro atoms. The molecule has 0 saturated carbocycles.